The molecule has 0 N–H and O–H groups in total. The van der Waals surface area contributed by atoms with Crippen molar-refractivity contribution < 1.29 is 19.1 Å². The Morgan fingerprint density at radius 2 is 1.70 bits per heavy atom. The van der Waals surface area contributed by atoms with Crippen molar-refractivity contribution in [3.63, 3.8) is 0 Å². The van der Waals surface area contributed by atoms with Crippen molar-refractivity contribution in [2.45, 2.75) is 19.3 Å². The number of piperidine rings is 1. The maximum atomic E-state index is 12.5. The van der Waals surface area contributed by atoms with Crippen LogP contribution in [0.15, 0.2) is 18.2 Å². The van der Waals surface area contributed by atoms with Crippen molar-refractivity contribution in [2.24, 2.45) is 5.92 Å². The Kier molecular flexibility index (Phi) is 3.59. The molecule has 3 aliphatic rings. The monoisotopic (exact) mass is 316 g/mol. The van der Waals surface area contributed by atoms with Gasteiger partial charge in [0, 0.05) is 31.7 Å². The van der Waals surface area contributed by atoms with E-state index >= 15 is 0 Å². The number of carbonyl (C=O) groups is 2. The van der Waals surface area contributed by atoms with Gasteiger partial charge in [-0.1, -0.05) is 0 Å². The summed E-state index contributed by atoms with van der Waals surface area (Å²) in [5.74, 6) is 1.40. The molecule has 0 aromatic heterocycles. The van der Waals surface area contributed by atoms with Crippen molar-refractivity contribution in [2.75, 3.05) is 33.0 Å². The Labute approximate surface area is 134 Å². The van der Waals surface area contributed by atoms with Gasteiger partial charge in [-0.05, 0) is 37.5 Å². The number of benzene rings is 1. The van der Waals surface area contributed by atoms with Crippen molar-refractivity contribution in [3.05, 3.63) is 23.8 Å². The lowest BCUT2D eigenvalue weighted by Crippen LogP contribution is -2.57. The van der Waals surface area contributed by atoms with Gasteiger partial charge in [-0.15, -0.1) is 0 Å². The summed E-state index contributed by atoms with van der Waals surface area (Å²) in [4.78, 5) is 28.5. The molecule has 2 saturated heterocycles. The molecule has 0 bridgehead atoms. The van der Waals surface area contributed by atoms with Gasteiger partial charge in [0.2, 0.25) is 12.7 Å². The molecular weight excluding hydrogens is 296 g/mol. The molecule has 6 heteroatoms. The summed E-state index contributed by atoms with van der Waals surface area (Å²) in [7, 11) is 0. The molecule has 3 aliphatic heterocycles. The van der Waals surface area contributed by atoms with E-state index in [-0.39, 0.29) is 24.5 Å². The van der Waals surface area contributed by atoms with Crippen LogP contribution >= 0.6 is 0 Å². The van der Waals surface area contributed by atoms with Crippen LogP contribution in [0.4, 0.5) is 0 Å². The first-order valence-corrected chi connectivity index (χ1v) is 8.20. The van der Waals surface area contributed by atoms with Crippen LogP contribution in [-0.2, 0) is 4.79 Å². The Bertz CT molecular complexity index is 633. The quantitative estimate of drug-likeness (QED) is 0.830. The van der Waals surface area contributed by atoms with Crippen LogP contribution in [0.2, 0.25) is 0 Å². The van der Waals surface area contributed by atoms with Crippen LogP contribution in [-0.4, -0.2) is 54.6 Å². The summed E-state index contributed by atoms with van der Waals surface area (Å²) in [6.07, 6.45) is 3.40. The third-order valence-corrected chi connectivity index (χ3v) is 4.81. The van der Waals surface area contributed by atoms with E-state index < -0.39 is 0 Å². The number of nitrogens with zero attached hydrogens (tertiary/aromatic N) is 2. The molecule has 0 spiro atoms. The Hall–Kier alpha value is -2.24. The van der Waals surface area contributed by atoms with Crippen LogP contribution < -0.4 is 9.47 Å². The molecule has 0 atom stereocenters. The topological polar surface area (TPSA) is 59.1 Å². The molecule has 0 aliphatic carbocycles. The summed E-state index contributed by atoms with van der Waals surface area (Å²) in [5.41, 5.74) is 0.582. The normalized spacial score (nSPS) is 20.3. The fraction of sp³-hybridized carbons (Fsp3) is 0.529. The van der Waals surface area contributed by atoms with Gasteiger partial charge in [-0.3, -0.25) is 9.59 Å². The van der Waals surface area contributed by atoms with Crippen molar-refractivity contribution in [1.82, 2.24) is 9.80 Å². The van der Waals surface area contributed by atoms with E-state index in [9.17, 15) is 9.59 Å². The first-order valence-electron chi connectivity index (χ1n) is 8.20. The number of amides is 2. The minimum absolute atomic E-state index is 0.0361. The van der Waals surface area contributed by atoms with Crippen LogP contribution in [0.3, 0.4) is 0 Å². The van der Waals surface area contributed by atoms with Gasteiger partial charge in [0.05, 0.1) is 5.92 Å². The highest BCUT2D eigenvalue weighted by Gasteiger charge is 2.38. The second-order valence-electron chi connectivity index (χ2n) is 6.36. The van der Waals surface area contributed by atoms with E-state index in [0.717, 1.165) is 25.9 Å². The van der Waals surface area contributed by atoms with Gasteiger partial charge in [0.15, 0.2) is 11.5 Å². The molecule has 2 fully saturated rings. The van der Waals surface area contributed by atoms with Gasteiger partial charge < -0.3 is 19.3 Å². The lowest BCUT2D eigenvalue weighted by Gasteiger charge is -2.41. The zero-order valence-electron chi connectivity index (χ0n) is 13.0. The second kappa shape index (κ2) is 5.76. The van der Waals surface area contributed by atoms with E-state index in [1.165, 1.54) is 6.42 Å². The van der Waals surface area contributed by atoms with E-state index in [2.05, 4.69) is 0 Å². The third kappa shape index (κ3) is 2.62. The van der Waals surface area contributed by atoms with Crippen LogP contribution in [0.25, 0.3) is 0 Å². The molecule has 1 aromatic rings. The first kappa shape index (κ1) is 14.4. The van der Waals surface area contributed by atoms with Gasteiger partial charge in [-0.2, -0.15) is 0 Å². The number of rotatable bonds is 2. The standard InChI is InChI=1S/C17H20N2O4/c20-16(12-4-5-14-15(8-12)23-11-22-14)19-9-13(10-19)17(21)18-6-2-1-3-7-18/h4-5,8,13H,1-3,6-7,9-11H2. The highest BCUT2D eigenvalue weighted by atomic mass is 16.7. The van der Waals surface area contributed by atoms with Gasteiger partial charge in [0.1, 0.15) is 0 Å². The minimum atomic E-state index is -0.0500. The average Bonchev–Trinajstić information content (AvgIpc) is 3.01. The Balaban J connectivity index is 1.36. The van der Waals surface area contributed by atoms with Crippen LogP contribution in [0.1, 0.15) is 29.6 Å². The van der Waals surface area contributed by atoms with Crippen LogP contribution in [0.5, 0.6) is 11.5 Å². The zero-order chi connectivity index (χ0) is 15.8. The smallest absolute Gasteiger partial charge is 0.254 e. The van der Waals surface area contributed by atoms with Gasteiger partial charge in [-0.25, -0.2) is 0 Å². The first-order chi connectivity index (χ1) is 11.2. The SMILES string of the molecule is O=C(c1ccc2c(c1)OCO2)N1CC(C(=O)N2CCCCC2)C1. The maximum absolute atomic E-state index is 12.5. The fourth-order valence-corrected chi connectivity index (χ4v) is 3.39. The summed E-state index contributed by atoms with van der Waals surface area (Å²) in [5, 5.41) is 0. The Morgan fingerprint density at radius 3 is 2.48 bits per heavy atom. The molecule has 3 heterocycles. The number of carbonyl (C=O) groups excluding carboxylic acids is 2. The molecule has 4 rings (SSSR count). The van der Waals surface area contributed by atoms with Crippen molar-refractivity contribution in [1.29, 1.82) is 0 Å². The summed E-state index contributed by atoms with van der Waals surface area (Å²) in [6.45, 7) is 2.96. The number of fused-ring (bicyclic) bond motifs is 1. The molecular formula is C17H20N2O4. The zero-order valence-corrected chi connectivity index (χ0v) is 13.0. The van der Waals surface area contributed by atoms with E-state index in [4.69, 9.17) is 9.47 Å². The minimum Gasteiger partial charge on any atom is -0.454 e. The molecule has 122 valence electrons. The molecule has 0 radical (unpaired) electrons. The number of ether oxygens (including phenoxy) is 2. The van der Waals surface area contributed by atoms with E-state index in [1.807, 2.05) is 4.90 Å². The van der Waals surface area contributed by atoms with Gasteiger partial charge in [0.25, 0.3) is 5.91 Å². The highest BCUT2D eigenvalue weighted by molar-refractivity contribution is 5.96. The number of hydrogen-bond donors (Lipinski definition) is 0. The summed E-state index contributed by atoms with van der Waals surface area (Å²) in [6, 6.07) is 5.21. The maximum Gasteiger partial charge on any atom is 0.254 e. The summed E-state index contributed by atoms with van der Waals surface area (Å²) >= 11 is 0. The molecule has 1 aromatic carbocycles. The molecule has 2 amide bonds. The fourth-order valence-electron chi connectivity index (χ4n) is 3.39. The lowest BCUT2D eigenvalue weighted by molar-refractivity contribution is -0.140. The third-order valence-electron chi connectivity index (χ3n) is 4.81. The molecule has 0 saturated carbocycles. The number of hydrogen-bond acceptors (Lipinski definition) is 4. The predicted molar refractivity (Wildman–Crippen MR) is 82.4 cm³/mol. The van der Waals surface area contributed by atoms with E-state index in [1.54, 1.807) is 23.1 Å². The average molecular weight is 316 g/mol. The van der Waals surface area contributed by atoms with Crippen LogP contribution in [0, 0.1) is 5.92 Å². The molecule has 23 heavy (non-hydrogen) atoms. The second-order valence-corrected chi connectivity index (χ2v) is 6.36. The Morgan fingerprint density at radius 1 is 0.957 bits per heavy atom. The van der Waals surface area contributed by atoms with Crippen molar-refractivity contribution in [3.8, 4) is 11.5 Å². The van der Waals surface area contributed by atoms with E-state index in [0.29, 0.717) is 30.2 Å². The number of likely N-dealkylation sites (tertiary alicyclic amines) is 2. The molecule has 0 unspecified atom stereocenters. The highest BCUT2D eigenvalue weighted by Crippen LogP contribution is 2.33. The van der Waals surface area contributed by atoms with Gasteiger partial charge >= 0.3 is 0 Å². The largest absolute Gasteiger partial charge is 0.454 e. The molecule has 6 nitrogen and oxygen atoms in total. The lowest BCUT2D eigenvalue weighted by atomic mass is 9.96. The predicted octanol–water partition coefficient (Wildman–Crippen LogP) is 1.50. The van der Waals surface area contributed by atoms with Crippen molar-refractivity contribution >= 4 is 11.8 Å². The summed E-state index contributed by atoms with van der Waals surface area (Å²) < 4.78 is 10.6.